The van der Waals surface area contributed by atoms with Gasteiger partial charge in [-0.05, 0) is 19.0 Å². The molecule has 6 heteroatoms. The van der Waals surface area contributed by atoms with E-state index >= 15 is 0 Å². The highest BCUT2D eigenvalue weighted by atomic mass is 16.5. The molecule has 0 saturated carbocycles. The fourth-order valence-electron chi connectivity index (χ4n) is 2.29. The zero-order chi connectivity index (χ0) is 15.1. The van der Waals surface area contributed by atoms with E-state index in [-0.39, 0.29) is 6.54 Å². The maximum absolute atomic E-state index is 12.1. The maximum atomic E-state index is 12.1. The van der Waals surface area contributed by atoms with Gasteiger partial charge >= 0.3 is 11.8 Å². The van der Waals surface area contributed by atoms with Crippen molar-refractivity contribution in [3.63, 3.8) is 0 Å². The van der Waals surface area contributed by atoms with Gasteiger partial charge in [-0.15, -0.1) is 0 Å². The minimum atomic E-state index is -0.567. The highest BCUT2D eigenvalue weighted by Crippen LogP contribution is 2.16. The van der Waals surface area contributed by atoms with Crippen molar-refractivity contribution in [3.05, 3.63) is 29.8 Å². The summed E-state index contributed by atoms with van der Waals surface area (Å²) in [5, 5.41) is 5.86. The van der Waals surface area contributed by atoms with Gasteiger partial charge in [0.05, 0.1) is 7.11 Å². The van der Waals surface area contributed by atoms with Crippen molar-refractivity contribution in [1.82, 2.24) is 15.5 Å². The zero-order valence-electron chi connectivity index (χ0n) is 12.2. The van der Waals surface area contributed by atoms with Crippen LogP contribution < -0.4 is 15.4 Å². The van der Waals surface area contributed by atoms with Crippen LogP contribution in [0.4, 0.5) is 0 Å². The largest absolute Gasteiger partial charge is 0.496 e. The van der Waals surface area contributed by atoms with Crippen molar-refractivity contribution in [1.29, 1.82) is 0 Å². The third-order valence-corrected chi connectivity index (χ3v) is 3.45. The number of carbonyl (C=O) groups is 2. The second kappa shape index (κ2) is 7.64. The summed E-state index contributed by atoms with van der Waals surface area (Å²) in [6.07, 6.45) is 0.867. The number of nitrogens with one attached hydrogen (secondary N) is 2. The molecule has 114 valence electrons. The van der Waals surface area contributed by atoms with Gasteiger partial charge < -0.3 is 20.3 Å². The molecular formula is C15H21N3O3. The van der Waals surface area contributed by atoms with Crippen LogP contribution >= 0.6 is 0 Å². The molecule has 1 fully saturated rings. The fourth-order valence-corrected chi connectivity index (χ4v) is 2.29. The highest BCUT2D eigenvalue weighted by Gasteiger charge is 2.22. The van der Waals surface area contributed by atoms with Gasteiger partial charge in [0.25, 0.3) is 0 Å². The van der Waals surface area contributed by atoms with Gasteiger partial charge in [-0.1, -0.05) is 18.2 Å². The van der Waals surface area contributed by atoms with E-state index in [2.05, 4.69) is 10.6 Å². The number of benzene rings is 1. The van der Waals surface area contributed by atoms with E-state index in [0.29, 0.717) is 18.8 Å². The summed E-state index contributed by atoms with van der Waals surface area (Å²) < 4.78 is 5.22. The number of nitrogens with zero attached hydrogens (tertiary/aromatic N) is 1. The molecule has 6 nitrogen and oxygen atoms in total. The minimum absolute atomic E-state index is 0.278. The average Bonchev–Trinajstić information content (AvgIpc) is 2.81. The normalized spacial score (nSPS) is 15.2. The van der Waals surface area contributed by atoms with E-state index in [1.54, 1.807) is 12.0 Å². The summed E-state index contributed by atoms with van der Waals surface area (Å²) in [6, 6.07) is 7.41. The lowest BCUT2D eigenvalue weighted by atomic mass is 10.2. The van der Waals surface area contributed by atoms with Gasteiger partial charge in [0.2, 0.25) is 0 Å². The molecule has 1 aliphatic rings. The third-order valence-electron chi connectivity index (χ3n) is 3.45. The van der Waals surface area contributed by atoms with E-state index < -0.39 is 11.8 Å². The minimum Gasteiger partial charge on any atom is -0.496 e. The van der Waals surface area contributed by atoms with Crippen LogP contribution in [-0.4, -0.2) is 50.0 Å². The molecule has 1 heterocycles. The molecule has 0 radical (unpaired) electrons. The first-order chi connectivity index (χ1) is 10.2. The molecule has 0 atom stereocenters. The Morgan fingerprint density at radius 2 is 2.10 bits per heavy atom. The maximum Gasteiger partial charge on any atom is 0.311 e. The standard InChI is InChI=1S/C15H21N3O3/c1-21-13-6-3-2-5-12(13)11-17-14(19)15(20)18-9-4-7-16-8-10-18/h2-3,5-6,16H,4,7-11H2,1H3,(H,17,19). The summed E-state index contributed by atoms with van der Waals surface area (Å²) in [4.78, 5) is 25.6. The van der Waals surface area contributed by atoms with Gasteiger partial charge in [-0.2, -0.15) is 0 Å². The van der Waals surface area contributed by atoms with Crippen molar-refractivity contribution in [2.75, 3.05) is 33.3 Å². The van der Waals surface area contributed by atoms with E-state index in [0.717, 1.165) is 25.1 Å². The second-order valence-corrected chi connectivity index (χ2v) is 4.89. The predicted octanol–water partition coefficient (Wildman–Crippen LogP) is 0.133. The first kappa shape index (κ1) is 15.3. The number of carbonyl (C=O) groups excluding carboxylic acids is 2. The molecule has 2 amide bonds. The van der Waals surface area contributed by atoms with Gasteiger partial charge in [0.1, 0.15) is 5.75 Å². The first-order valence-electron chi connectivity index (χ1n) is 7.12. The molecule has 2 rings (SSSR count). The second-order valence-electron chi connectivity index (χ2n) is 4.89. The topological polar surface area (TPSA) is 70.7 Å². The Labute approximate surface area is 124 Å². The molecule has 1 aromatic carbocycles. The van der Waals surface area contributed by atoms with Crippen LogP contribution in [0.5, 0.6) is 5.75 Å². The lowest BCUT2D eigenvalue weighted by molar-refractivity contribution is -0.145. The van der Waals surface area contributed by atoms with Crippen molar-refractivity contribution in [3.8, 4) is 5.75 Å². The SMILES string of the molecule is COc1ccccc1CNC(=O)C(=O)N1CCCNCC1. The van der Waals surface area contributed by atoms with Crippen LogP contribution in [0.25, 0.3) is 0 Å². The Balaban J connectivity index is 1.90. The molecule has 0 aromatic heterocycles. The molecule has 0 unspecified atom stereocenters. The summed E-state index contributed by atoms with van der Waals surface area (Å²) >= 11 is 0. The molecule has 1 aromatic rings. The Morgan fingerprint density at radius 1 is 1.29 bits per heavy atom. The average molecular weight is 291 g/mol. The number of ether oxygens (including phenoxy) is 1. The predicted molar refractivity (Wildman–Crippen MR) is 78.9 cm³/mol. The van der Waals surface area contributed by atoms with Crippen LogP contribution in [0.1, 0.15) is 12.0 Å². The van der Waals surface area contributed by atoms with Gasteiger partial charge in [-0.3, -0.25) is 9.59 Å². The third kappa shape index (κ3) is 4.19. The lowest BCUT2D eigenvalue weighted by Crippen LogP contribution is -2.44. The van der Waals surface area contributed by atoms with Crippen molar-refractivity contribution in [2.24, 2.45) is 0 Å². The van der Waals surface area contributed by atoms with Crippen LogP contribution in [-0.2, 0) is 16.1 Å². The van der Waals surface area contributed by atoms with Crippen LogP contribution in [0, 0.1) is 0 Å². The Morgan fingerprint density at radius 3 is 2.90 bits per heavy atom. The van der Waals surface area contributed by atoms with E-state index in [1.165, 1.54) is 0 Å². The number of methoxy groups -OCH3 is 1. The number of hydrogen-bond donors (Lipinski definition) is 2. The molecule has 1 aliphatic heterocycles. The number of hydrogen-bond acceptors (Lipinski definition) is 4. The van der Waals surface area contributed by atoms with Crippen molar-refractivity contribution < 1.29 is 14.3 Å². The summed E-state index contributed by atoms with van der Waals surface area (Å²) in [6.45, 7) is 3.08. The van der Waals surface area contributed by atoms with Gasteiger partial charge in [0, 0.05) is 31.7 Å². The number of para-hydroxylation sites is 1. The Bertz CT molecular complexity index is 497. The number of amides is 2. The Hall–Kier alpha value is -2.08. The molecule has 1 saturated heterocycles. The van der Waals surface area contributed by atoms with E-state index in [4.69, 9.17) is 4.74 Å². The van der Waals surface area contributed by atoms with Gasteiger partial charge in [-0.25, -0.2) is 0 Å². The molecule has 21 heavy (non-hydrogen) atoms. The molecular weight excluding hydrogens is 270 g/mol. The first-order valence-corrected chi connectivity index (χ1v) is 7.12. The summed E-state index contributed by atoms with van der Waals surface area (Å²) in [7, 11) is 1.58. The van der Waals surface area contributed by atoms with E-state index in [9.17, 15) is 9.59 Å². The summed E-state index contributed by atoms with van der Waals surface area (Å²) in [5.41, 5.74) is 0.846. The number of rotatable bonds is 3. The van der Waals surface area contributed by atoms with Crippen LogP contribution in [0.3, 0.4) is 0 Å². The van der Waals surface area contributed by atoms with Gasteiger partial charge in [0.15, 0.2) is 0 Å². The van der Waals surface area contributed by atoms with E-state index in [1.807, 2.05) is 24.3 Å². The molecule has 0 spiro atoms. The van der Waals surface area contributed by atoms with Crippen LogP contribution in [0.2, 0.25) is 0 Å². The summed E-state index contributed by atoms with van der Waals surface area (Å²) in [5.74, 6) is -0.333. The molecule has 2 N–H and O–H groups in total. The highest BCUT2D eigenvalue weighted by molar-refractivity contribution is 6.34. The molecule has 0 aliphatic carbocycles. The van der Waals surface area contributed by atoms with Crippen molar-refractivity contribution >= 4 is 11.8 Å². The quantitative estimate of drug-likeness (QED) is 0.777. The smallest absolute Gasteiger partial charge is 0.311 e. The zero-order valence-corrected chi connectivity index (χ0v) is 12.2. The fraction of sp³-hybridized carbons (Fsp3) is 0.467. The Kier molecular flexibility index (Phi) is 5.57. The lowest BCUT2D eigenvalue weighted by Gasteiger charge is -2.19. The molecule has 0 bridgehead atoms. The van der Waals surface area contributed by atoms with Crippen LogP contribution in [0.15, 0.2) is 24.3 Å². The monoisotopic (exact) mass is 291 g/mol. The van der Waals surface area contributed by atoms with Crippen molar-refractivity contribution in [2.45, 2.75) is 13.0 Å².